The summed E-state index contributed by atoms with van der Waals surface area (Å²) in [6, 6.07) is 14.0. The van der Waals surface area contributed by atoms with Crippen LogP contribution in [-0.2, 0) is 0 Å². The number of hydrogen-bond donors (Lipinski definition) is 1. The summed E-state index contributed by atoms with van der Waals surface area (Å²) in [5.41, 5.74) is 4.26. The third kappa shape index (κ3) is 2.41. The first-order valence-electron chi connectivity index (χ1n) is 6.85. The molecule has 0 spiro atoms. The molecule has 0 saturated heterocycles. The van der Waals surface area contributed by atoms with E-state index in [9.17, 15) is 9.18 Å². The van der Waals surface area contributed by atoms with E-state index >= 15 is 0 Å². The molecule has 2 aromatic carbocycles. The van der Waals surface area contributed by atoms with Crippen molar-refractivity contribution in [2.45, 2.75) is 6.92 Å². The molecule has 3 rings (SSSR count). The predicted molar refractivity (Wildman–Crippen MR) is 83.2 cm³/mol. The van der Waals surface area contributed by atoms with Gasteiger partial charge in [0, 0.05) is 18.0 Å². The second-order valence-electron chi connectivity index (χ2n) is 5.01. The molecule has 0 bridgehead atoms. The van der Waals surface area contributed by atoms with Gasteiger partial charge in [0.05, 0.1) is 5.69 Å². The molecule has 0 unspecified atom stereocenters. The molecule has 0 atom stereocenters. The Bertz CT molecular complexity index is 827. The number of carbonyl (C=O) groups is 1. The number of hydrazine groups is 1. The lowest BCUT2D eigenvalue weighted by atomic mass is 10.1. The van der Waals surface area contributed by atoms with Crippen LogP contribution in [-0.4, -0.2) is 13.0 Å². The number of benzene rings is 2. The summed E-state index contributed by atoms with van der Waals surface area (Å²) in [5.74, 6) is -0.779. The number of hydrogen-bond acceptors (Lipinski definition) is 3. The van der Waals surface area contributed by atoms with E-state index in [2.05, 4.69) is 5.43 Å². The standard InChI is InChI=1S/C17H15FN2O2/c1-11-13-9-6-10-14(18)16(13)22-15(11)17(21)19-20(2)12-7-4-3-5-8-12/h3-10H,1-2H3,(H,19,21). The molecule has 0 radical (unpaired) electrons. The minimum atomic E-state index is -0.476. The second kappa shape index (κ2) is 5.52. The van der Waals surface area contributed by atoms with Crippen molar-refractivity contribution >= 4 is 22.6 Å². The van der Waals surface area contributed by atoms with Gasteiger partial charge in [-0.3, -0.25) is 15.2 Å². The molecule has 0 aliphatic rings. The molecule has 22 heavy (non-hydrogen) atoms. The van der Waals surface area contributed by atoms with Gasteiger partial charge in [0.2, 0.25) is 0 Å². The first kappa shape index (κ1) is 14.1. The molecule has 0 saturated carbocycles. The van der Waals surface area contributed by atoms with Gasteiger partial charge in [-0.2, -0.15) is 0 Å². The van der Waals surface area contributed by atoms with Crippen molar-refractivity contribution in [3.8, 4) is 0 Å². The first-order valence-corrected chi connectivity index (χ1v) is 6.85. The number of aryl methyl sites for hydroxylation is 1. The zero-order chi connectivity index (χ0) is 15.7. The Morgan fingerprint density at radius 3 is 2.55 bits per heavy atom. The molecular formula is C17H15FN2O2. The van der Waals surface area contributed by atoms with E-state index in [-0.39, 0.29) is 11.3 Å². The minimum Gasteiger partial charge on any atom is -0.447 e. The summed E-state index contributed by atoms with van der Waals surface area (Å²) in [6.45, 7) is 1.74. The van der Waals surface area contributed by atoms with E-state index < -0.39 is 11.7 Å². The van der Waals surface area contributed by atoms with E-state index in [1.165, 1.54) is 6.07 Å². The number of nitrogens with one attached hydrogen (secondary N) is 1. The molecule has 3 aromatic rings. The Morgan fingerprint density at radius 1 is 1.14 bits per heavy atom. The highest BCUT2D eigenvalue weighted by molar-refractivity contribution is 5.99. The van der Waals surface area contributed by atoms with Gasteiger partial charge in [-0.1, -0.05) is 30.3 Å². The quantitative estimate of drug-likeness (QED) is 0.751. The van der Waals surface area contributed by atoms with Crippen molar-refractivity contribution in [3.05, 3.63) is 65.7 Å². The van der Waals surface area contributed by atoms with Gasteiger partial charge >= 0.3 is 5.91 Å². The van der Waals surface area contributed by atoms with Gasteiger partial charge in [0.25, 0.3) is 0 Å². The van der Waals surface area contributed by atoms with Crippen molar-refractivity contribution in [1.29, 1.82) is 0 Å². The van der Waals surface area contributed by atoms with E-state index in [1.54, 1.807) is 31.1 Å². The Labute approximate surface area is 127 Å². The number of furan rings is 1. The van der Waals surface area contributed by atoms with E-state index in [1.807, 2.05) is 30.3 Å². The van der Waals surface area contributed by atoms with Crippen LogP contribution >= 0.6 is 0 Å². The Kier molecular flexibility index (Phi) is 3.55. The molecule has 112 valence electrons. The van der Waals surface area contributed by atoms with Gasteiger partial charge in [-0.15, -0.1) is 0 Å². The van der Waals surface area contributed by atoms with Gasteiger partial charge < -0.3 is 4.42 Å². The third-order valence-electron chi connectivity index (χ3n) is 3.53. The Balaban J connectivity index is 1.90. The van der Waals surface area contributed by atoms with Crippen LogP contribution in [0.4, 0.5) is 10.1 Å². The zero-order valence-electron chi connectivity index (χ0n) is 12.3. The molecule has 0 fully saturated rings. The Morgan fingerprint density at radius 2 is 1.86 bits per heavy atom. The summed E-state index contributed by atoms with van der Waals surface area (Å²) < 4.78 is 19.1. The maximum atomic E-state index is 13.7. The highest BCUT2D eigenvalue weighted by atomic mass is 19.1. The highest BCUT2D eigenvalue weighted by Crippen LogP contribution is 2.27. The summed E-state index contributed by atoms with van der Waals surface area (Å²) in [4.78, 5) is 12.4. The van der Waals surface area contributed by atoms with E-state index in [4.69, 9.17) is 4.42 Å². The average molecular weight is 298 g/mol. The molecule has 1 amide bonds. The highest BCUT2D eigenvalue weighted by Gasteiger charge is 2.20. The second-order valence-corrected chi connectivity index (χ2v) is 5.01. The largest absolute Gasteiger partial charge is 0.447 e. The van der Waals surface area contributed by atoms with Crippen molar-refractivity contribution in [2.75, 3.05) is 12.1 Å². The van der Waals surface area contributed by atoms with Gasteiger partial charge in [0.15, 0.2) is 17.2 Å². The van der Waals surface area contributed by atoms with Crippen LogP contribution in [0.15, 0.2) is 52.9 Å². The molecule has 1 aromatic heterocycles. The van der Waals surface area contributed by atoms with E-state index in [0.29, 0.717) is 10.9 Å². The first-order chi connectivity index (χ1) is 10.6. The lowest BCUT2D eigenvalue weighted by molar-refractivity contribution is 0.0925. The topological polar surface area (TPSA) is 45.5 Å². The molecule has 1 N–H and O–H groups in total. The lowest BCUT2D eigenvalue weighted by Gasteiger charge is -2.19. The van der Waals surface area contributed by atoms with Crippen molar-refractivity contribution in [3.63, 3.8) is 0 Å². The number of amides is 1. The monoisotopic (exact) mass is 298 g/mol. The Hall–Kier alpha value is -2.82. The number of para-hydroxylation sites is 2. The predicted octanol–water partition coefficient (Wildman–Crippen LogP) is 3.66. The molecule has 0 aliphatic carbocycles. The number of anilines is 1. The number of rotatable bonds is 3. The molecular weight excluding hydrogens is 283 g/mol. The molecule has 4 nitrogen and oxygen atoms in total. The van der Waals surface area contributed by atoms with E-state index in [0.717, 1.165) is 5.69 Å². The maximum absolute atomic E-state index is 13.7. The van der Waals surface area contributed by atoms with Crippen LogP contribution in [0, 0.1) is 12.7 Å². The minimum absolute atomic E-state index is 0.104. The third-order valence-corrected chi connectivity index (χ3v) is 3.53. The molecule has 5 heteroatoms. The normalized spacial score (nSPS) is 10.7. The van der Waals surface area contributed by atoms with Gasteiger partial charge in [-0.05, 0) is 25.1 Å². The number of nitrogens with zero attached hydrogens (tertiary/aromatic N) is 1. The van der Waals surface area contributed by atoms with Crippen LogP contribution in [0.25, 0.3) is 11.0 Å². The fourth-order valence-corrected chi connectivity index (χ4v) is 2.34. The summed E-state index contributed by atoms with van der Waals surface area (Å²) in [6.07, 6.45) is 0. The van der Waals surface area contributed by atoms with Gasteiger partial charge in [0.1, 0.15) is 0 Å². The fourth-order valence-electron chi connectivity index (χ4n) is 2.34. The SMILES string of the molecule is Cc1c(C(=O)NN(C)c2ccccc2)oc2c(F)cccc12. The number of halogens is 1. The van der Waals surface area contributed by atoms with Crippen molar-refractivity contribution in [2.24, 2.45) is 0 Å². The van der Waals surface area contributed by atoms with Crippen LogP contribution in [0.2, 0.25) is 0 Å². The van der Waals surface area contributed by atoms with Crippen molar-refractivity contribution < 1.29 is 13.6 Å². The summed E-state index contributed by atoms with van der Waals surface area (Å²) in [5, 5.41) is 2.19. The average Bonchev–Trinajstić information content (AvgIpc) is 2.87. The zero-order valence-corrected chi connectivity index (χ0v) is 12.3. The molecule has 0 aliphatic heterocycles. The lowest BCUT2D eigenvalue weighted by Crippen LogP contribution is -2.39. The van der Waals surface area contributed by atoms with Crippen LogP contribution in [0.3, 0.4) is 0 Å². The number of carbonyl (C=O) groups excluding carboxylic acids is 1. The summed E-state index contributed by atoms with van der Waals surface area (Å²) in [7, 11) is 1.73. The summed E-state index contributed by atoms with van der Waals surface area (Å²) >= 11 is 0. The van der Waals surface area contributed by atoms with Crippen LogP contribution in [0.5, 0.6) is 0 Å². The smallest absolute Gasteiger partial charge is 0.305 e. The maximum Gasteiger partial charge on any atom is 0.305 e. The van der Waals surface area contributed by atoms with Crippen molar-refractivity contribution in [1.82, 2.24) is 5.43 Å². The van der Waals surface area contributed by atoms with Crippen LogP contribution in [0.1, 0.15) is 16.1 Å². The number of fused-ring (bicyclic) bond motifs is 1. The fraction of sp³-hybridized carbons (Fsp3) is 0.118. The van der Waals surface area contributed by atoms with Crippen LogP contribution < -0.4 is 10.4 Å². The molecule has 1 heterocycles. The van der Waals surface area contributed by atoms with Gasteiger partial charge in [-0.25, -0.2) is 4.39 Å².